The van der Waals surface area contributed by atoms with Crippen LogP contribution in [0.5, 0.6) is 11.5 Å². The molecule has 0 bridgehead atoms. The van der Waals surface area contributed by atoms with E-state index in [-0.39, 0.29) is 35.6 Å². The second-order valence-electron chi connectivity index (χ2n) is 6.51. The van der Waals surface area contributed by atoms with E-state index < -0.39 is 23.9 Å². The molecular formula is C17H25NO7. The predicted molar refractivity (Wildman–Crippen MR) is 89.9 cm³/mol. The lowest BCUT2D eigenvalue weighted by atomic mass is 9.99. The van der Waals surface area contributed by atoms with Gasteiger partial charge in [-0.05, 0) is 44.9 Å². The Morgan fingerprint density at radius 3 is 2.48 bits per heavy atom. The van der Waals surface area contributed by atoms with Gasteiger partial charge in [0.25, 0.3) is 0 Å². The number of aliphatic hydroxyl groups is 2. The average molecular weight is 355 g/mol. The largest absolute Gasteiger partial charge is 0.504 e. The summed E-state index contributed by atoms with van der Waals surface area (Å²) in [5.74, 6) is -0.327. The molecule has 0 radical (unpaired) electrons. The van der Waals surface area contributed by atoms with Crippen molar-refractivity contribution in [3.8, 4) is 11.5 Å². The van der Waals surface area contributed by atoms with Crippen LogP contribution in [0.3, 0.4) is 0 Å². The minimum atomic E-state index is -1.33. The molecule has 0 aliphatic rings. The molecule has 0 fully saturated rings. The summed E-state index contributed by atoms with van der Waals surface area (Å²) >= 11 is 0. The fourth-order valence-electron chi connectivity index (χ4n) is 2.08. The lowest BCUT2D eigenvalue weighted by molar-refractivity contribution is 0.0121. The van der Waals surface area contributed by atoms with E-state index in [0.717, 1.165) is 0 Å². The van der Waals surface area contributed by atoms with Crippen LogP contribution in [0.2, 0.25) is 0 Å². The number of ether oxygens (including phenoxy) is 2. The Hall–Kier alpha value is -2.32. The fraction of sp³-hybridized carbons (Fsp3) is 0.529. The number of carbonyl (C=O) groups is 2. The first-order valence-corrected chi connectivity index (χ1v) is 7.78. The molecule has 0 spiro atoms. The van der Waals surface area contributed by atoms with Crippen LogP contribution in [0.25, 0.3) is 0 Å². The molecule has 1 amide bonds. The van der Waals surface area contributed by atoms with E-state index >= 15 is 0 Å². The third-order valence-electron chi connectivity index (χ3n) is 3.29. The van der Waals surface area contributed by atoms with Gasteiger partial charge < -0.3 is 30.1 Å². The smallest absolute Gasteiger partial charge is 0.407 e. The molecule has 4 N–H and O–H groups in total. The molecule has 2 atom stereocenters. The number of rotatable bonds is 7. The first-order chi connectivity index (χ1) is 11.6. The third kappa shape index (κ3) is 6.24. The molecule has 0 saturated carbocycles. The van der Waals surface area contributed by atoms with Crippen molar-refractivity contribution in [2.24, 2.45) is 0 Å². The molecule has 8 nitrogen and oxygen atoms in total. The average Bonchev–Trinajstić information content (AvgIpc) is 2.52. The normalized spacial score (nSPS) is 13.7. The number of nitrogens with one attached hydrogen (secondary N) is 1. The number of aldehydes is 1. The molecule has 0 heterocycles. The molecule has 25 heavy (non-hydrogen) atoms. The summed E-state index contributed by atoms with van der Waals surface area (Å²) in [5.41, 5.74) is -0.482. The molecule has 1 rings (SSSR count). The maximum atomic E-state index is 11.5. The number of phenols is 1. The SMILES string of the molecule is COc1cc(C(O)C(O)CCNC(=O)OC(C)(C)C)cc(C=O)c1O. The number of methoxy groups -OCH3 is 1. The van der Waals surface area contributed by atoms with E-state index in [4.69, 9.17) is 9.47 Å². The summed E-state index contributed by atoms with van der Waals surface area (Å²) in [6, 6.07) is 2.59. The van der Waals surface area contributed by atoms with Crippen LogP contribution in [0.15, 0.2) is 12.1 Å². The van der Waals surface area contributed by atoms with Crippen LogP contribution < -0.4 is 10.1 Å². The van der Waals surface area contributed by atoms with Crippen LogP contribution in [0.4, 0.5) is 4.79 Å². The van der Waals surface area contributed by atoms with Gasteiger partial charge in [-0.1, -0.05) is 0 Å². The monoisotopic (exact) mass is 355 g/mol. The molecule has 0 saturated heterocycles. The topological polar surface area (TPSA) is 125 Å². The van der Waals surface area contributed by atoms with Crippen molar-refractivity contribution in [1.29, 1.82) is 0 Å². The van der Waals surface area contributed by atoms with Gasteiger partial charge in [0.15, 0.2) is 17.8 Å². The van der Waals surface area contributed by atoms with Gasteiger partial charge in [0.2, 0.25) is 0 Å². The lowest BCUT2D eigenvalue weighted by Crippen LogP contribution is -2.34. The summed E-state index contributed by atoms with van der Waals surface area (Å²) in [6.07, 6.45) is -2.68. The van der Waals surface area contributed by atoms with Crippen LogP contribution in [-0.4, -0.2) is 53.1 Å². The van der Waals surface area contributed by atoms with Gasteiger partial charge in [-0.3, -0.25) is 4.79 Å². The Balaban J connectivity index is 2.69. The van der Waals surface area contributed by atoms with E-state index in [1.165, 1.54) is 19.2 Å². The second kappa shape index (κ2) is 8.68. The van der Waals surface area contributed by atoms with Crippen molar-refractivity contribution < 1.29 is 34.4 Å². The molecular weight excluding hydrogens is 330 g/mol. The predicted octanol–water partition coefficient (Wildman–Crippen LogP) is 1.52. The van der Waals surface area contributed by atoms with Gasteiger partial charge >= 0.3 is 6.09 Å². The summed E-state index contributed by atoms with van der Waals surface area (Å²) in [6.45, 7) is 5.28. The number of hydrogen-bond donors (Lipinski definition) is 4. The summed E-state index contributed by atoms with van der Waals surface area (Å²) in [4.78, 5) is 22.5. The molecule has 1 aromatic carbocycles. The molecule has 140 valence electrons. The van der Waals surface area contributed by atoms with E-state index in [1.807, 2.05) is 0 Å². The number of aliphatic hydroxyl groups excluding tert-OH is 2. The highest BCUT2D eigenvalue weighted by atomic mass is 16.6. The van der Waals surface area contributed by atoms with Gasteiger partial charge in [0, 0.05) is 6.54 Å². The fourth-order valence-corrected chi connectivity index (χ4v) is 2.08. The molecule has 1 aromatic rings. The number of aromatic hydroxyl groups is 1. The lowest BCUT2D eigenvalue weighted by Gasteiger charge is -2.21. The van der Waals surface area contributed by atoms with Crippen molar-refractivity contribution >= 4 is 12.4 Å². The molecule has 0 aliphatic heterocycles. The van der Waals surface area contributed by atoms with Crippen LogP contribution in [0.1, 0.15) is 49.2 Å². The quantitative estimate of drug-likeness (QED) is 0.546. The number of phenolic OH excluding ortho intramolecular Hbond substituents is 1. The standard InChI is InChI=1S/C17H25NO7/c1-17(2,3)25-16(23)18-6-5-12(20)14(21)10-7-11(9-19)15(22)13(8-10)24-4/h7-9,12,14,20-22H,5-6H2,1-4H3,(H,18,23). The Bertz CT molecular complexity index is 610. The van der Waals surface area contributed by atoms with Crippen LogP contribution in [0, 0.1) is 0 Å². The van der Waals surface area contributed by atoms with Crippen molar-refractivity contribution in [2.45, 2.75) is 45.0 Å². The molecule has 0 aliphatic carbocycles. The molecule has 0 aromatic heterocycles. The van der Waals surface area contributed by atoms with Crippen LogP contribution >= 0.6 is 0 Å². The highest BCUT2D eigenvalue weighted by Crippen LogP contribution is 2.33. The minimum absolute atomic E-state index is 0.0118. The summed E-state index contributed by atoms with van der Waals surface area (Å²) in [7, 11) is 1.31. The molecule has 8 heteroatoms. The van der Waals surface area contributed by atoms with Crippen molar-refractivity contribution in [2.75, 3.05) is 13.7 Å². The van der Waals surface area contributed by atoms with Crippen LogP contribution in [-0.2, 0) is 4.74 Å². The van der Waals surface area contributed by atoms with Gasteiger partial charge in [0.05, 0.1) is 18.8 Å². The number of benzene rings is 1. The van der Waals surface area contributed by atoms with Gasteiger partial charge in [0.1, 0.15) is 11.7 Å². The van der Waals surface area contributed by atoms with Gasteiger partial charge in [-0.15, -0.1) is 0 Å². The third-order valence-corrected chi connectivity index (χ3v) is 3.29. The summed E-state index contributed by atoms with van der Waals surface area (Å²) in [5, 5.41) is 32.5. The van der Waals surface area contributed by atoms with Gasteiger partial charge in [-0.2, -0.15) is 0 Å². The van der Waals surface area contributed by atoms with E-state index in [1.54, 1.807) is 20.8 Å². The highest BCUT2D eigenvalue weighted by molar-refractivity contribution is 5.81. The highest BCUT2D eigenvalue weighted by Gasteiger charge is 2.22. The van der Waals surface area contributed by atoms with Crippen molar-refractivity contribution in [1.82, 2.24) is 5.32 Å². The van der Waals surface area contributed by atoms with Crippen molar-refractivity contribution in [3.63, 3.8) is 0 Å². The zero-order chi connectivity index (χ0) is 19.2. The Kier molecular flexibility index (Phi) is 7.20. The Labute approximate surface area is 146 Å². The maximum Gasteiger partial charge on any atom is 0.407 e. The minimum Gasteiger partial charge on any atom is -0.504 e. The first-order valence-electron chi connectivity index (χ1n) is 7.78. The number of hydrogen-bond acceptors (Lipinski definition) is 7. The zero-order valence-electron chi connectivity index (χ0n) is 14.8. The van der Waals surface area contributed by atoms with E-state index in [9.17, 15) is 24.9 Å². The molecule has 2 unspecified atom stereocenters. The van der Waals surface area contributed by atoms with Gasteiger partial charge in [-0.25, -0.2) is 4.79 Å². The number of carbonyl (C=O) groups excluding carboxylic acids is 2. The van der Waals surface area contributed by atoms with E-state index in [2.05, 4.69) is 5.32 Å². The number of alkyl carbamates (subject to hydrolysis) is 1. The Morgan fingerprint density at radius 2 is 1.96 bits per heavy atom. The van der Waals surface area contributed by atoms with E-state index in [0.29, 0.717) is 6.29 Å². The summed E-state index contributed by atoms with van der Waals surface area (Å²) < 4.78 is 10.0. The second-order valence-corrected chi connectivity index (χ2v) is 6.51. The van der Waals surface area contributed by atoms with Crippen molar-refractivity contribution in [3.05, 3.63) is 23.3 Å². The Morgan fingerprint density at radius 1 is 1.32 bits per heavy atom. The first kappa shape index (κ1) is 20.7. The maximum absolute atomic E-state index is 11.5. The zero-order valence-corrected chi connectivity index (χ0v) is 14.8. The number of amides is 1.